The third-order valence-electron chi connectivity index (χ3n) is 5.17. The van der Waals surface area contributed by atoms with Gasteiger partial charge in [0.1, 0.15) is 5.75 Å². The van der Waals surface area contributed by atoms with Crippen molar-refractivity contribution in [3.63, 3.8) is 0 Å². The van der Waals surface area contributed by atoms with Gasteiger partial charge in [0, 0.05) is 0 Å². The summed E-state index contributed by atoms with van der Waals surface area (Å²) >= 11 is 1.41. The molecule has 1 aromatic heterocycles. The lowest BCUT2D eigenvalue weighted by atomic mass is 9.88. The highest BCUT2D eigenvalue weighted by Crippen LogP contribution is 2.40. The molecule has 2 saturated carbocycles. The number of carbonyl (C=O) groups is 1. The number of hydrogen-bond acceptors (Lipinski definition) is 6. The summed E-state index contributed by atoms with van der Waals surface area (Å²) in [6, 6.07) is 8.45. The van der Waals surface area contributed by atoms with Crippen LogP contribution in [0.4, 0.5) is 0 Å². The minimum absolute atomic E-state index is 0.0260. The Balaban J connectivity index is 1.42. The molecule has 1 heterocycles. The van der Waals surface area contributed by atoms with Gasteiger partial charge in [-0.05, 0) is 53.8 Å². The molecule has 0 atom stereocenters. The van der Waals surface area contributed by atoms with E-state index in [0.717, 1.165) is 55.0 Å². The molecule has 8 heteroatoms. The molecule has 2 aliphatic carbocycles. The van der Waals surface area contributed by atoms with Crippen molar-refractivity contribution in [2.45, 2.75) is 55.3 Å². The Morgan fingerprint density at radius 1 is 1.31 bits per heavy atom. The number of carbonyl (C=O) groups excluding carboxylic acids is 1. The zero-order valence-electron chi connectivity index (χ0n) is 14.9. The van der Waals surface area contributed by atoms with E-state index in [9.17, 15) is 4.79 Å². The minimum atomic E-state index is -0.271. The topological polar surface area (TPSA) is 81.9 Å². The summed E-state index contributed by atoms with van der Waals surface area (Å²) in [5.74, 6) is 1.18. The predicted molar refractivity (Wildman–Crippen MR) is 98.1 cm³/mol. The number of ether oxygens (including phenoxy) is 1. The maximum absolute atomic E-state index is 12.7. The van der Waals surface area contributed by atoms with E-state index in [4.69, 9.17) is 4.74 Å². The van der Waals surface area contributed by atoms with Gasteiger partial charge in [0.15, 0.2) is 0 Å². The zero-order valence-corrected chi connectivity index (χ0v) is 15.7. The molecule has 1 amide bonds. The molecule has 2 aromatic rings. The molecule has 26 heavy (non-hydrogen) atoms. The number of amides is 1. The molecule has 7 nitrogen and oxygen atoms in total. The SMILES string of the molecule is COc1ccc(C2(NC(=O)CSc3nnnn3C3CC3)CCCC2)cc1. The summed E-state index contributed by atoms with van der Waals surface area (Å²) in [7, 11) is 1.66. The van der Waals surface area contributed by atoms with Gasteiger partial charge >= 0.3 is 0 Å². The van der Waals surface area contributed by atoms with Crippen molar-refractivity contribution in [1.29, 1.82) is 0 Å². The summed E-state index contributed by atoms with van der Waals surface area (Å²) in [6.45, 7) is 0. The Morgan fingerprint density at radius 3 is 2.69 bits per heavy atom. The minimum Gasteiger partial charge on any atom is -0.497 e. The number of tetrazole rings is 1. The van der Waals surface area contributed by atoms with Crippen molar-refractivity contribution in [3.05, 3.63) is 29.8 Å². The van der Waals surface area contributed by atoms with E-state index in [1.54, 1.807) is 7.11 Å². The fourth-order valence-corrected chi connectivity index (χ4v) is 4.38. The second kappa shape index (κ2) is 7.26. The lowest BCUT2D eigenvalue weighted by Crippen LogP contribution is -2.44. The molecule has 138 valence electrons. The molecular weight excluding hydrogens is 350 g/mol. The van der Waals surface area contributed by atoms with Gasteiger partial charge in [0.05, 0.1) is 24.4 Å². The Morgan fingerprint density at radius 2 is 2.04 bits per heavy atom. The van der Waals surface area contributed by atoms with Gasteiger partial charge in [-0.15, -0.1) is 5.10 Å². The maximum Gasteiger partial charge on any atom is 0.231 e. The van der Waals surface area contributed by atoms with Crippen molar-refractivity contribution in [1.82, 2.24) is 25.5 Å². The number of hydrogen-bond donors (Lipinski definition) is 1. The standard InChI is InChI=1S/C18H23N5O2S/c1-25-15-8-4-13(5-9-15)18(10-2-3-11-18)19-16(24)12-26-17-20-21-22-23(17)14-6-7-14/h4-5,8-9,14H,2-3,6-7,10-12H2,1H3,(H,19,24). The van der Waals surface area contributed by atoms with Crippen LogP contribution >= 0.6 is 11.8 Å². The van der Waals surface area contributed by atoms with Crippen molar-refractivity contribution < 1.29 is 9.53 Å². The second-order valence-corrected chi connectivity index (χ2v) is 7.93. The fraction of sp³-hybridized carbons (Fsp3) is 0.556. The number of nitrogens with zero attached hydrogens (tertiary/aromatic N) is 4. The molecular formula is C18H23N5O2S. The number of rotatable bonds is 7. The van der Waals surface area contributed by atoms with Crippen LogP contribution in [0.1, 0.15) is 50.1 Å². The lowest BCUT2D eigenvalue weighted by molar-refractivity contribution is -0.120. The molecule has 0 radical (unpaired) electrons. The van der Waals surface area contributed by atoms with Crippen LogP contribution in [0.25, 0.3) is 0 Å². The number of thioether (sulfide) groups is 1. The van der Waals surface area contributed by atoms with Crippen molar-refractivity contribution in [2.75, 3.05) is 12.9 Å². The highest BCUT2D eigenvalue weighted by molar-refractivity contribution is 7.99. The first-order chi connectivity index (χ1) is 12.7. The molecule has 1 aromatic carbocycles. The molecule has 0 unspecified atom stereocenters. The zero-order chi connectivity index (χ0) is 18.0. The van der Waals surface area contributed by atoms with E-state index in [1.165, 1.54) is 11.8 Å². The Hall–Kier alpha value is -2.09. The van der Waals surface area contributed by atoms with E-state index in [2.05, 4.69) is 33.0 Å². The molecule has 1 N–H and O–H groups in total. The van der Waals surface area contributed by atoms with Crippen molar-refractivity contribution in [2.24, 2.45) is 0 Å². The lowest BCUT2D eigenvalue weighted by Gasteiger charge is -2.31. The van der Waals surface area contributed by atoms with Crippen LogP contribution in [0.2, 0.25) is 0 Å². The van der Waals surface area contributed by atoms with Crippen LogP contribution in [-0.2, 0) is 10.3 Å². The summed E-state index contributed by atoms with van der Waals surface area (Å²) in [5.41, 5.74) is 0.878. The molecule has 2 aliphatic rings. The van der Waals surface area contributed by atoms with Gasteiger partial charge in [-0.1, -0.05) is 36.7 Å². The Kier molecular flexibility index (Phi) is 4.84. The molecule has 2 fully saturated rings. The van der Waals surface area contributed by atoms with Gasteiger partial charge in [-0.2, -0.15) is 0 Å². The quantitative estimate of drug-likeness (QED) is 0.752. The average Bonchev–Trinajstić information content (AvgIpc) is 3.21. The third kappa shape index (κ3) is 3.56. The number of benzene rings is 1. The monoisotopic (exact) mass is 373 g/mol. The summed E-state index contributed by atoms with van der Waals surface area (Å²) in [6.07, 6.45) is 6.42. The van der Waals surface area contributed by atoms with Crippen LogP contribution < -0.4 is 10.1 Å². The molecule has 0 aliphatic heterocycles. The van der Waals surface area contributed by atoms with E-state index < -0.39 is 0 Å². The number of methoxy groups -OCH3 is 1. The van der Waals surface area contributed by atoms with E-state index in [-0.39, 0.29) is 11.4 Å². The van der Waals surface area contributed by atoms with Gasteiger partial charge < -0.3 is 10.1 Å². The number of aromatic nitrogens is 4. The first kappa shape index (κ1) is 17.3. The van der Waals surface area contributed by atoms with Gasteiger partial charge in [0.2, 0.25) is 11.1 Å². The van der Waals surface area contributed by atoms with Crippen molar-refractivity contribution >= 4 is 17.7 Å². The van der Waals surface area contributed by atoms with Crippen LogP contribution in [0.3, 0.4) is 0 Å². The first-order valence-electron chi connectivity index (χ1n) is 9.06. The molecule has 4 rings (SSSR count). The van der Waals surface area contributed by atoms with Crippen LogP contribution in [0, 0.1) is 0 Å². The van der Waals surface area contributed by atoms with Gasteiger partial charge in [0.25, 0.3) is 0 Å². The third-order valence-corrected chi connectivity index (χ3v) is 6.10. The Bertz CT molecular complexity index is 766. The van der Waals surface area contributed by atoms with Gasteiger partial charge in [-0.3, -0.25) is 4.79 Å². The summed E-state index contributed by atoms with van der Waals surface area (Å²) < 4.78 is 7.09. The smallest absolute Gasteiger partial charge is 0.231 e. The fourth-order valence-electron chi connectivity index (χ4n) is 3.64. The largest absolute Gasteiger partial charge is 0.497 e. The van der Waals surface area contributed by atoms with Crippen LogP contribution in [0.15, 0.2) is 29.4 Å². The van der Waals surface area contributed by atoms with E-state index in [0.29, 0.717) is 11.8 Å². The van der Waals surface area contributed by atoms with Crippen LogP contribution in [0.5, 0.6) is 5.75 Å². The molecule has 0 bridgehead atoms. The summed E-state index contributed by atoms with van der Waals surface area (Å²) in [5, 5.41) is 15.8. The average molecular weight is 373 g/mol. The highest BCUT2D eigenvalue weighted by Gasteiger charge is 2.37. The number of nitrogens with one attached hydrogen (secondary N) is 1. The molecule has 0 spiro atoms. The normalized spacial score (nSPS) is 18.7. The first-order valence-corrected chi connectivity index (χ1v) is 10.0. The van der Waals surface area contributed by atoms with E-state index in [1.807, 2.05) is 16.8 Å². The van der Waals surface area contributed by atoms with Crippen LogP contribution in [-0.4, -0.2) is 39.0 Å². The maximum atomic E-state index is 12.7. The molecule has 0 saturated heterocycles. The summed E-state index contributed by atoms with van der Waals surface area (Å²) in [4.78, 5) is 12.7. The highest BCUT2D eigenvalue weighted by atomic mass is 32.2. The van der Waals surface area contributed by atoms with Gasteiger partial charge in [-0.25, -0.2) is 4.68 Å². The second-order valence-electron chi connectivity index (χ2n) is 6.99. The predicted octanol–water partition coefficient (Wildman–Crippen LogP) is 2.69. The van der Waals surface area contributed by atoms with Crippen molar-refractivity contribution in [3.8, 4) is 5.75 Å². The Labute approximate surface area is 156 Å². The van der Waals surface area contributed by atoms with E-state index >= 15 is 0 Å².